The number of fused-ring (bicyclic) bond motifs is 1. The maximum atomic E-state index is 12.9. The molecule has 0 atom stereocenters. The Bertz CT molecular complexity index is 1220. The zero-order chi connectivity index (χ0) is 20.5. The highest BCUT2D eigenvalue weighted by Gasteiger charge is 2.24. The van der Waals surface area contributed by atoms with Crippen LogP contribution in [0.2, 0.25) is 0 Å². The Hall–Kier alpha value is -3.87. The van der Waals surface area contributed by atoms with E-state index in [0.717, 1.165) is 22.4 Å². The number of aromatic nitrogens is 3. The van der Waals surface area contributed by atoms with Gasteiger partial charge in [0.05, 0.1) is 5.69 Å². The standard InChI is InChI=1S/C23H21N5O2/c29-22-11-10-21(25-28(22)18-7-2-1-3-8-18)26-12-14-27(15-13-26)23(30)20-16-17-6-4-5-9-19(17)24-20/h1-11,16,24H,12-15H2. The minimum absolute atomic E-state index is 0.00747. The van der Waals surface area contributed by atoms with Gasteiger partial charge in [-0.15, -0.1) is 5.10 Å². The average Bonchev–Trinajstić information content (AvgIpc) is 3.24. The quantitative estimate of drug-likeness (QED) is 0.575. The van der Waals surface area contributed by atoms with Crippen molar-refractivity contribution in [1.82, 2.24) is 19.7 Å². The van der Waals surface area contributed by atoms with Crippen LogP contribution in [0.25, 0.3) is 16.6 Å². The number of carbonyl (C=O) groups excluding carboxylic acids is 1. The van der Waals surface area contributed by atoms with Crippen molar-refractivity contribution < 1.29 is 4.79 Å². The van der Waals surface area contributed by atoms with E-state index in [2.05, 4.69) is 15.0 Å². The highest BCUT2D eigenvalue weighted by molar-refractivity contribution is 5.98. The predicted molar refractivity (Wildman–Crippen MR) is 116 cm³/mol. The fourth-order valence-corrected chi connectivity index (χ4v) is 3.82. The van der Waals surface area contributed by atoms with Gasteiger partial charge < -0.3 is 14.8 Å². The Morgan fingerprint density at radius 2 is 1.60 bits per heavy atom. The zero-order valence-corrected chi connectivity index (χ0v) is 16.4. The molecule has 0 unspecified atom stereocenters. The number of piperazine rings is 1. The molecule has 1 fully saturated rings. The van der Waals surface area contributed by atoms with E-state index in [4.69, 9.17) is 0 Å². The summed E-state index contributed by atoms with van der Waals surface area (Å²) in [6.45, 7) is 2.51. The Balaban J connectivity index is 1.31. The van der Waals surface area contributed by atoms with Crippen LogP contribution in [-0.4, -0.2) is 51.8 Å². The second-order valence-electron chi connectivity index (χ2n) is 7.33. The minimum Gasteiger partial charge on any atom is -0.352 e. The first-order valence-electron chi connectivity index (χ1n) is 9.97. The second kappa shape index (κ2) is 7.51. The second-order valence-corrected chi connectivity index (χ2v) is 7.33. The molecule has 1 aliphatic heterocycles. The minimum atomic E-state index is -0.169. The molecule has 0 radical (unpaired) electrons. The molecule has 4 aromatic rings. The molecular weight excluding hydrogens is 378 g/mol. The van der Waals surface area contributed by atoms with Crippen molar-refractivity contribution in [1.29, 1.82) is 0 Å². The van der Waals surface area contributed by atoms with E-state index in [1.54, 1.807) is 6.07 Å². The van der Waals surface area contributed by atoms with Gasteiger partial charge in [0.2, 0.25) is 0 Å². The van der Waals surface area contributed by atoms with E-state index >= 15 is 0 Å². The van der Waals surface area contributed by atoms with Crippen molar-refractivity contribution >= 4 is 22.6 Å². The lowest BCUT2D eigenvalue weighted by atomic mass is 10.2. The Morgan fingerprint density at radius 1 is 0.867 bits per heavy atom. The smallest absolute Gasteiger partial charge is 0.271 e. The van der Waals surface area contributed by atoms with Gasteiger partial charge in [-0.25, -0.2) is 0 Å². The largest absolute Gasteiger partial charge is 0.352 e. The summed E-state index contributed by atoms with van der Waals surface area (Å²) < 4.78 is 1.41. The third kappa shape index (κ3) is 3.34. The molecule has 1 amide bonds. The highest BCUT2D eigenvalue weighted by atomic mass is 16.2. The third-order valence-corrected chi connectivity index (χ3v) is 5.44. The molecule has 150 valence electrons. The van der Waals surface area contributed by atoms with Crippen LogP contribution >= 0.6 is 0 Å². The number of H-pyrrole nitrogens is 1. The van der Waals surface area contributed by atoms with Crippen molar-refractivity contribution in [3.8, 4) is 5.69 Å². The number of rotatable bonds is 3. The van der Waals surface area contributed by atoms with Crippen LogP contribution in [0.3, 0.4) is 0 Å². The fraction of sp³-hybridized carbons (Fsp3) is 0.174. The van der Waals surface area contributed by atoms with E-state index < -0.39 is 0 Å². The van der Waals surface area contributed by atoms with Gasteiger partial charge in [-0.3, -0.25) is 9.59 Å². The number of amides is 1. The van der Waals surface area contributed by atoms with Crippen LogP contribution in [0.5, 0.6) is 0 Å². The molecule has 3 heterocycles. The van der Waals surface area contributed by atoms with Gasteiger partial charge in [-0.2, -0.15) is 4.68 Å². The molecule has 1 aliphatic rings. The predicted octanol–water partition coefficient (Wildman–Crippen LogP) is 2.68. The molecule has 0 saturated carbocycles. The van der Waals surface area contributed by atoms with Crippen LogP contribution in [0.1, 0.15) is 10.5 Å². The molecule has 1 saturated heterocycles. The molecule has 2 aromatic carbocycles. The summed E-state index contributed by atoms with van der Waals surface area (Å²) >= 11 is 0. The average molecular weight is 399 g/mol. The molecule has 0 spiro atoms. The number of hydrogen-bond donors (Lipinski definition) is 1. The van der Waals surface area contributed by atoms with Crippen molar-refractivity contribution in [3.05, 3.63) is 88.8 Å². The molecule has 7 nitrogen and oxygen atoms in total. The lowest BCUT2D eigenvalue weighted by Crippen LogP contribution is -2.49. The number of nitrogens with zero attached hydrogens (tertiary/aromatic N) is 4. The first-order chi connectivity index (χ1) is 14.7. The molecular formula is C23H21N5O2. The lowest BCUT2D eigenvalue weighted by molar-refractivity contribution is 0.0741. The van der Waals surface area contributed by atoms with Crippen molar-refractivity contribution in [2.75, 3.05) is 31.1 Å². The molecule has 7 heteroatoms. The number of anilines is 1. The summed E-state index contributed by atoms with van der Waals surface area (Å²) in [7, 11) is 0. The van der Waals surface area contributed by atoms with Gasteiger partial charge >= 0.3 is 0 Å². The van der Waals surface area contributed by atoms with Crippen LogP contribution < -0.4 is 10.5 Å². The molecule has 1 N–H and O–H groups in total. The lowest BCUT2D eigenvalue weighted by Gasteiger charge is -2.35. The maximum absolute atomic E-state index is 12.9. The number of aromatic amines is 1. The Kier molecular flexibility index (Phi) is 4.55. The topological polar surface area (TPSA) is 74.2 Å². The van der Waals surface area contributed by atoms with Gasteiger partial charge in [-0.1, -0.05) is 36.4 Å². The van der Waals surface area contributed by atoms with Crippen molar-refractivity contribution in [2.45, 2.75) is 0 Å². The third-order valence-electron chi connectivity index (χ3n) is 5.44. The van der Waals surface area contributed by atoms with E-state index in [-0.39, 0.29) is 11.5 Å². The Labute approximate surface area is 173 Å². The molecule has 2 aromatic heterocycles. The van der Waals surface area contributed by atoms with E-state index in [1.807, 2.05) is 65.6 Å². The first-order valence-corrected chi connectivity index (χ1v) is 9.97. The van der Waals surface area contributed by atoms with Gasteiger partial charge in [0.1, 0.15) is 11.5 Å². The first kappa shape index (κ1) is 18.2. The number of benzene rings is 2. The highest BCUT2D eigenvalue weighted by Crippen LogP contribution is 2.18. The van der Waals surface area contributed by atoms with E-state index in [9.17, 15) is 9.59 Å². The van der Waals surface area contributed by atoms with Crippen LogP contribution in [0.4, 0.5) is 5.82 Å². The summed E-state index contributed by atoms with van der Waals surface area (Å²) in [5.41, 5.74) is 2.14. The molecule has 5 rings (SSSR count). The summed E-state index contributed by atoms with van der Waals surface area (Å²) in [6, 6.07) is 22.4. The van der Waals surface area contributed by atoms with Crippen LogP contribution in [0, 0.1) is 0 Å². The normalized spacial score (nSPS) is 14.3. The van der Waals surface area contributed by atoms with Crippen LogP contribution in [0.15, 0.2) is 77.6 Å². The zero-order valence-electron chi connectivity index (χ0n) is 16.4. The summed E-state index contributed by atoms with van der Waals surface area (Å²) in [5, 5.41) is 5.58. The summed E-state index contributed by atoms with van der Waals surface area (Å²) in [5.74, 6) is 0.740. The number of hydrogen-bond acceptors (Lipinski definition) is 4. The van der Waals surface area contributed by atoms with Crippen molar-refractivity contribution in [3.63, 3.8) is 0 Å². The number of para-hydroxylation sites is 2. The van der Waals surface area contributed by atoms with E-state index in [0.29, 0.717) is 31.9 Å². The molecule has 30 heavy (non-hydrogen) atoms. The van der Waals surface area contributed by atoms with Gasteiger partial charge in [0, 0.05) is 43.1 Å². The molecule has 0 aliphatic carbocycles. The van der Waals surface area contributed by atoms with Gasteiger partial charge in [0.25, 0.3) is 11.5 Å². The van der Waals surface area contributed by atoms with Crippen LogP contribution in [-0.2, 0) is 0 Å². The SMILES string of the molecule is O=C(c1cc2ccccc2[nH]1)N1CCN(c2ccc(=O)n(-c3ccccc3)n2)CC1. The molecule has 0 bridgehead atoms. The van der Waals surface area contributed by atoms with Crippen molar-refractivity contribution in [2.24, 2.45) is 0 Å². The fourth-order valence-electron chi connectivity index (χ4n) is 3.82. The maximum Gasteiger partial charge on any atom is 0.271 e. The number of carbonyl (C=O) groups is 1. The van der Waals surface area contributed by atoms with Gasteiger partial charge in [0.15, 0.2) is 0 Å². The Morgan fingerprint density at radius 3 is 2.37 bits per heavy atom. The van der Waals surface area contributed by atoms with Gasteiger partial charge in [-0.05, 0) is 30.3 Å². The monoisotopic (exact) mass is 399 g/mol. The summed E-state index contributed by atoms with van der Waals surface area (Å²) in [4.78, 5) is 32.3. The van der Waals surface area contributed by atoms with E-state index in [1.165, 1.54) is 10.7 Å². The number of nitrogens with one attached hydrogen (secondary N) is 1. The summed E-state index contributed by atoms with van der Waals surface area (Å²) in [6.07, 6.45) is 0.